The van der Waals surface area contributed by atoms with E-state index >= 15 is 0 Å². The van der Waals surface area contributed by atoms with Crippen LogP contribution in [0.25, 0.3) is 16.5 Å². The summed E-state index contributed by atoms with van der Waals surface area (Å²) in [6.45, 7) is 14.9. The van der Waals surface area contributed by atoms with E-state index < -0.39 is 34.7 Å². The lowest BCUT2D eigenvalue weighted by Gasteiger charge is -2.27. The molecule has 1 atom stereocenters. The number of ether oxygens (including phenoxy) is 5. The summed E-state index contributed by atoms with van der Waals surface area (Å²) in [5.74, 6) is -0.947. The van der Waals surface area contributed by atoms with E-state index in [1.165, 1.54) is 20.5 Å². The van der Waals surface area contributed by atoms with Crippen molar-refractivity contribution in [2.45, 2.75) is 86.3 Å². The molecular weight excluding hydrogens is 630 g/mol. The zero-order valence-electron chi connectivity index (χ0n) is 30.1. The molecule has 4 rings (SSSR count). The number of carbonyl (C=O) groups is 3. The molecule has 1 aliphatic rings. The maximum Gasteiger partial charge on any atom is 0.329 e. The number of aryl methyl sites for hydroxylation is 1. The normalized spacial score (nSPS) is 13.8. The molecule has 0 fully saturated rings. The van der Waals surface area contributed by atoms with E-state index in [0.29, 0.717) is 47.3 Å². The van der Waals surface area contributed by atoms with Gasteiger partial charge in [0.05, 0.1) is 16.5 Å². The van der Waals surface area contributed by atoms with Gasteiger partial charge in [0.25, 0.3) is 5.91 Å². The highest BCUT2D eigenvalue weighted by Gasteiger charge is 2.32. The minimum Gasteiger partial charge on any atom is -0.464 e. The third-order valence-corrected chi connectivity index (χ3v) is 8.13. The van der Waals surface area contributed by atoms with Gasteiger partial charge in [-0.05, 0) is 94.2 Å². The third kappa shape index (κ3) is 8.76. The summed E-state index contributed by atoms with van der Waals surface area (Å²) in [5.41, 5.74) is 1.24. The number of hydrogen-bond donors (Lipinski definition) is 1. The summed E-state index contributed by atoms with van der Waals surface area (Å²) in [6, 6.07) is 3.98. The molecule has 0 unspecified atom stereocenters. The summed E-state index contributed by atoms with van der Waals surface area (Å²) in [4.78, 5) is 55.7. The molecule has 1 aromatic heterocycles. The first-order valence-corrected chi connectivity index (χ1v) is 16.2. The number of esters is 1. The molecule has 0 spiro atoms. The molecule has 1 heterocycles. The Kier molecular flexibility index (Phi) is 11.4. The number of amides is 1. The molecule has 0 aliphatic heterocycles. The number of benzene rings is 2. The van der Waals surface area contributed by atoms with E-state index in [1.54, 1.807) is 52.0 Å². The largest absolute Gasteiger partial charge is 0.464 e. The van der Waals surface area contributed by atoms with Crippen LogP contribution < -0.4 is 20.2 Å². The number of rotatable bonds is 12. The molecule has 0 bridgehead atoms. The van der Waals surface area contributed by atoms with Crippen LogP contribution in [0.1, 0.15) is 97.4 Å². The van der Waals surface area contributed by atoms with Gasteiger partial charge in [0.15, 0.2) is 30.9 Å². The quantitative estimate of drug-likeness (QED) is 0.168. The maximum absolute atomic E-state index is 14.3. The standard InChI is InChI=1S/C38H47NO10/c1-21-15-30-32(31(22(21)2)35(42)39-27(13-14-37(3,4)5)36(43)49-38(6,7)8)34(41)26(18-46-30)24-12-11-23-16-28(47-19-44-9)29(48-20-45-10)17-25(23)33(24)40/h12,15-18,27H,11,13-14,19-20H2,1-10H3,(H,39,42)/t27-/m0/s1. The van der Waals surface area contributed by atoms with E-state index in [2.05, 4.69) is 5.32 Å². The highest BCUT2D eigenvalue weighted by molar-refractivity contribution is 6.30. The summed E-state index contributed by atoms with van der Waals surface area (Å²) >= 11 is 0. The van der Waals surface area contributed by atoms with Gasteiger partial charge in [-0.15, -0.1) is 0 Å². The van der Waals surface area contributed by atoms with Crippen LogP contribution in [0.4, 0.5) is 0 Å². The Morgan fingerprint density at radius 3 is 2.14 bits per heavy atom. The predicted molar refractivity (Wildman–Crippen MR) is 185 cm³/mol. The van der Waals surface area contributed by atoms with Crippen LogP contribution >= 0.6 is 0 Å². The Morgan fingerprint density at radius 2 is 1.55 bits per heavy atom. The number of nitrogens with one attached hydrogen (secondary N) is 1. The topological polar surface area (TPSA) is 140 Å². The van der Waals surface area contributed by atoms with Gasteiger partial charge in [0.2, 0.25) is 5.43 Å². The van der Waals surface area contributed by atoms with Gasteiger partial charge in [-0.2, -0.15) is 0 Å². The van der Waals surface area contributed by atoms with Gasteiger partial charge in [-0.3, -0.25) is 14.4 Å². The molecule has 11 heteroatoms. The van der Waals surface area contributed by atoms with Gasteiger partial charge in [-0.1, -0.05) is 26.8 Å². The first-order valence-electron chi connectivity index (χ1n) is 16.2. The third-order valence-electron chi connectivity index (χ3n) is 8.13. The Balaban J connectivity index is 1.78. The van der Waals surface area contributed by atoms with E-state index in [0.717, 1.165) is 0 Å². The second-order valence-electron chi connectivity index (χ2n) is 14.4. The van der Waals surface area contributed by atoms with E-state index in [-0.39, 0.29) is 52.4 Å². The van der Waals surface area contributed by atoms with E-state index in [4.69, 9.17) is 28.1 Å². The maximum atomic E-state index is 14.3. The Morgan fingerprint density at radius 1 is 0.918 bits per heavy atom. The molecule has 264 valence electrons. The number of ketones is 1. The van der Waals surface area contributed by atoms with Crippen LogP contribution in [-0.4, -0.2) is 57.1 Å². The molecule has 11 nitrogen and oxygen atoms in total. The highest BCUT2D eigenvalue weighted by Crippen LogP contribution is 2.37. The summed E-state index contributed by atoms with van der Waals surface area (Å²) in [5, 5.41) is 2.88. The predicted octanol–water partition coefficient (Wildman–Crippen LogP) is 6.46. The fourth-order valence-electron chi connectivity index (χ4n) is 5.55. The molecule has 1 N–H and O–H groups in total. The lowest BCUT2D eigenvalue weighted by atomic mass is 9.86. The first-order chi connectivity index (χ1) is 23.0. The molecule has 0 saturated heterocycles. The molecule has 2 aromatic carbocycles. The number of fused-ring (bicyclic) bond motifs is 2. The van der Waals surface area contributed by atoms with Gasteiger partial charge < -0.3 is 33.4 Å². The van der Waals surface area contributed by atoms with Crippen molar-refractivity contribution in [3.63, 3.8) is 0 Å². The van der Waals surface area contributed by atoms with Gasteiger partial charge in [0, 0.05) is 25.4 Å². The SMILES string of the molecule is COCOc1cc2c(cc1OCOC)C(=O)C(c1coc3cc(C)c(C)c(C(=O)N[C@@H](CCC(C)(C)C)C(=O)OC(C)(C)C)c3c1=O)=CC2. The van der Waals surface area contributed by atoms with Crippen molar-refractivity contribution in [2.24, 2.45) is 5.41 Å². The smallest absolute Gasteiger partial charge is 0.329 e. The van der Waals surface area contributed by atoms with Crippen LogP contribution in [0.5, 0.6) is 11.5 Å². The minimum atomic E-state index is -0.956. The van der Waals surface area contributed by atoms with Gasteiger partial charge in [-0.25, -0.2) is 4.79 Å². The zero-order chi connectivity index (χ0) is 36.3. The lowest BCUT2D eigenvalue weighted by Crippen LogP contribution is -2.45. The average Bonchev–Trinajstić information content (AvgIpc) is 3.01. The van der Waals surface area contributed by atoms with Crippen molar-refractivity contribution >= 4 is 34.2 Å². The second-order valence-corrected chi connectivity index (χ2v) is 14.4. The average molecular weight is 678 g/mol. The molecule has 1 amide bonds. The van der Waals surface area contributed by atoms with Crippen molar-refractivity contribution in [3.8, 4) is 11.5 Å². The van der Waals surface area contributed by atoms with Crippen LogP contribution in [0.2, 0.25) is 0 Å². The first kappa shape index (κ1) is 37.3. The Labute approximate surface area is 286 Å². The number of carbonyl (C=O) groups excluding carboxylic acids is 3. The van der Waals surface area contributed by atoms with Crippen molar-refractivity contribution < 1.29 is 42.5 Å². The fourth-order valence-corrected chi connectivity index (χ4v) is 5.55. The number of methoxy groups -OCH3 is 2. The molecule has 0 radical (unpaired) electrons. The van der Waals surface area contributed by atoms with Crippen molar-refractivity contribution in [1.82, 2.24) is 5.32 Å². The molecule has 0 saturated carbocycles. The van der Waals surface area contributed by atoms with Crippen LogP contribution in [0.15, 0.2) is 39.7 Å². The monoisotopic (exact) mass is 677 g/mol. The fraction of sp³-hybridized carbons (Fsp3) is 0.474. The van der Waals surface area contributed by atoms with Crippen LogP contribution in [0.3, 0.4) is 0 Å². The van der Waals surface area contributed by atoms with E-state index in [9.17, 15) is 19.2 Å². The summed E-state index contributed by atoms with van der Waals surface area (Å²) in [6.07, 6.45) is 4.19. The minimum absolute atomic E-state index is 0.0101. The molecule has 1 aliphatic carbocycles. The van der Waals surface area contributed by atoms with Gasteiger partial charge >= 0.3 is 5.97 Å². The van der Waals surface area contributed by atoms with Crippen LogP contribution in [-0.2, 0) is 25.4 Å². The number of Topliss-reactive ketones (excluding diaryl/α,β-unsaturated/α-hetero) is 1. The lowest BCUT2D eigenvalue weighted by molar-refractivity contribution is -0.157. The highest BCUT2D eigenvalue weighted by atomic mass is 16.7. The zero-order valence-corrected chi connectivity index (χ0v) is 30.1. The molecule has 3 aromatic rings. The van der Waals surface area contributed by atoms with E-state index in [1.807, 2.05) is 27.7 Å². The Bertz CT molecular complexity index is 1840. The molecule has 49 heavy (non-hydrogen) atoms. The van der Waals surface area contributed by atoms with Crippen LogP contribution in [0, 0.1) is 19.3 Å². The molecular formula is C38H47NO10. The van der Waals surface area contributed by atoms with Gasteiger partial charge in [0.1, 0.15) is 23.5 Å². The van der Waals surface area contributed by atoms with Crippen molar-refractivity contribution in [3.05, 3.63) is 74.1 Å². The number of allylic oxidation sites excluding steroid dienone is 2. The number of hydrogen-bond acceptors (Lipinski definition) is 10. The van der Waals surface area contributed by atoms with Crippen molar-refractivity contribution in [1.29, 1.82) is 0 Å². The summed E-state index contributed by atoms with van der Waals surface area (Å²) < 4.78 is 33.0. The Hall–Kier alpha value is -4.48. The second kappa shape index (κ2) is 15.0. The summed E-state index contributed by atoms with van der Waals surface area (Å²) in [7, 11) is 2.96. The van der Waals surface area contributed by atoms with Crippen molar-refractivity contribution in [2.75, 3.05) is 27.8 Å².